The summed E-state index contributed by atoms with van der Waals surface area (Å²) in [5.41, 5.74) is -1.15. The smallest absolute Gasteiger partial charge is 0.191 e. The maximum absolute atomic E-state index is 10.6. The predicted octanol–water partition coefficient (Wildman–Crippen LogP) is 1.31. The van der Waals surface area contributed by atoms with E-state index in [-0.39, 0.29) is 30.5 Å². The fourth-order valence-electron chi connectivity index (χ4n) is 2.26. The summed E-state index contributed by atoms with van der Waals surface area (Å²) < 4.78 is 12.3. The van der Waals surface area contributed by atoms with Crippen LogP contribution in [0.25, 0.3) is 0 Å². The second-order valence-corrected chi connectivity index (χ2v) is 6.27. The maximum Gasteiger partial charge on any atom is 0.191 e. The van der Waals surface area contributed by atoms with E-state index in [9.17, 15) is 5.11 Å². The van der Waals surface area contributed by atoms with E-state index in [1.165, 1.54) is 6.26 Å². The van der Waals surface area contributed by atoms with Gasteiger partial charge in [0.2, 0.25) is 0 Å². The number of hydrogen-bond acceptors (Lipinski definition) is 6. The Hall–Kier alpha value is -1.66. The SMILES string of the molecule is COCCCNC(=NCc1nnc(C)n1C)NCC(C)(O)c1ccco1.I. The molecule has 2 aromatic rings. The minimum absolute atomic E-state index is 0. The zero-order valence-electron chi connectivity index (χ0n) is 16.2. The van der Waals surface area contributed by atoms with Gasteiger partial charge in [0, 0.05) is 27.3 Å². The number of nitrogens with one attached hydrogen (secondary N) is 2. The molecule has 0 aromatic carbocycles. The maximum atomic E-state index is 10.6. The quantitative estimate of drug-likeness (QED) is 0.210. The minimum Gasteiger partial charge on any atom is -0.466 e. The summed E-state index contributed by atoms with van der Waals surface area (Å²) in [4.78, 5) is 4.54. The van der Waals surface area contributed by atoms with Gasteiger partial charge in [-0.1, -0.05) is 0 Å². The van der Waals surface area contributed by atoms with E-state index >= 15 is 0 Å². The third-order valence-corrected chi connectivity index (χ3v) is 4.03. The van der Waals surface area contributed by atoms with E-state index < -0.39 is 5.60 Å². The third-order valence-electron chi connectivity index (χ3n) is 4.03. The number of aromatic nitrogens is 3. The van der Waals surface area contributed by atoms with Crippen LogP contribution in [0.4, 0.5) is 0 Å². The van der Waals surface area contributed by atoms with Gasteiger partial charge in [-0.25, -0.2) is 4.99 Å². The summed E-state index contributed by atoms with van der Waals surface area (Å²) in [6, 6.07) is 3.49. The molecule has 10 heteroatoms. The predicted molar refractivity (Wildman–Crippen MR) is 113 cm³/mol. The molecule has 27 heavy (non-hydrogen) atoms. The summed E-state index contributed by atoms with van der Waals surface area (Å²) in [7, 11) is 3.57. The van der Waals surface area contributed by atoms with Crippen LogP contribution in [0.5, 0.6) is 0 Å². The van der Waals surface area contributed by atoms with Gasteiger partial charge in [-0.2, -0.15) is 0 Å². The molecule has 0 amide bonds. The summed E-state index contributed by atoms with van der Waals surface area (Å²) in [6.07, 6.45) is 2.38. The molecule has 0 aliphatic carbocycles. The number of aliphatic imine (C=N–C) groups is 1. The van der Waals surface area contributed by atoms with Crippen molar-refractivity contribution in [3.8, 4) is 0 Å². The highest BCUT2D eigenvalue weighted by molar-refractivity contribution is 14.0. The number of halogens is 1. The van der Waals surface area contributed by atoms with Gasteiger partial charge in [0.1, 0.15) is 23.7 Å². The van der Waals surface area contributed by atoms with Gasteiger partial charge in [-0.15, -0.1) is 34.2 Å². The van der Waals surface area contributed by atoms with Crippen LogP contribution in [-0.2, 0) is 23.9 Å². The number of aliphatic hydroxyl groups is 1. The number of aryl methyl sites for hydroxylation is 1. The van der Waals surface area contributed by atoms with Crippen molar-refractivity contribution < 1.29 is 14.3 Å². The van der Waals surface area contributed by atoms with Gasteiger partial charge in [-0.3, -0.25) is 0 Å². The molecule has 152 valence electrons. The molecule has 0 aliphatic rings. The van der Waals surface area contributed by atoms with Crippen LogP contribution in [0, 0.1) is 6.92 Å². The molecule has 2 rings (SSSR count). The Morgan fingerprint density at radius 1 is 1.41 bits per heavy atom. The first kappa shape index (κ1) is 23.4. The topological polar surface area (TPSA) is 110 Å². The third kappa shape index (κ3) is 7.11. The van der Waals surface area contributed by atoms with Crippen LogP contribution in [-0.4, -0.2) is 52.6 Å². The van der Waals surface area contributed by atoms with Crippen molar-refractivity contribution >= 4 is 29.9 Å². The second kappa shape index (κ2) is 11.2. The number of methoxy groups -OCH3 is 1. The molecular weight excluding hydrogens is 463 g/mol. The van der Waals surface area contributed by atoms with Crippen molar-refractivity contribution in [3.63, 3.8) is 0 Å². The molecule has 0 fully saturated rings. The van der Waals surface area contributed by atoms with Crippen molar-refractivity contribution in [3.05, 3.63) is 35.8 Å². The highest BCUT2D eigenvalue weighted by Crippen LogP contribution is 2.19. The molecule has 0 aliphatic heterocycles. The van der Waals surface area contributed by atoms with Gasteiger partial charge >= 0.3 is 0 Å². The minimum atomic E-state index is -1.15. The van der Waals surface area contributed by atoms with Crippen molar-refractivity contribution in [2.45, 2.75) is 32.4 Å². The van der Waals surface area contributed by atoms with E-state index in [2.05, 4.69) is 25.8 Å². The number of hydrogen-bond donors (Lipinski definition) is 3. The van der Waals surface area contributed by atoms with E-state index in [4.69, 9.17) is 9.15 Å². The second-order valence-electron chi connectivity index (χ2n) is 6.27. The Bertz CT molecular complexity index is 700. The van der Waals surface area contributed by atoms with Gasteiger partial charge in [0.25, 0.3) is 0 Å². The first-order valence-electron chi connectivity index (χ1n) is 8.56. The first-order chi connectivity index (χ1) is 12.4. The molecule has 0 saturated carbocycles. The monoisotopic (exact) mass is 492 g/mol. The number of ether oxygens (including phenoxy) is 1. The van der Waals surface area contributed by atoms with Crippen molar-refractivity contribution in [2.24, 2.45) is 12.0 Å². The highest BCUT2D eigenvalue weighted by Gasteiger charge is 2.26. The zero-order chi connectivity index (χ0) is 19.0. The van der Waals surface area contributed by atoms with E-state index in [0.717, 1.165) is 18.1 Å². The average Bonchev–Trinajstić information content (AvgIpc) is 3.26. The molecule has 2 heterocycles. The lowest BCUT2D eigenvalue weighted by atomic mass is 10.0. The lowest BCUT2D eigenvalue weighted by Gasteiger charge is -2.23. The fourth-order valence-corrected chi connectivity index (χ4v) is 2.26. The van der Waals surface area contributed by atoms with Gasteiger partial charge < -0.3 is 29.5 Å². The van der Waals surface area contributed by atoms with E-state index in [1.807, 2.05) is 18.5 Å². The largest absolute Gasteiger partial charge is 0.466 e. The molecular formula is C17H29IN6O3. The first-order valence-corrected chi connectivity index (χ1v) is 8.56. The zero-order valence-corrected chi connectivity index (χ0v) is 18.6. The van der Waals surface area contributed by atoms with E-state index in [1.54, 1.807) is 26.2 Å². The van der Waals surface area contributed by atoms with E-state index in [0.29, 0.717) is 31.4 Å². The number of guanidine groups is 1. The van der Waals surface area contributed by atoms with Crippen molar-refractivity contribution in [2.75, 3.05) is 26.8 Å². The van der Waals surface area contributed by atoms with Gasteiger partial charge in [0.15, 0.2) is 11.8 Å². The lowest BCUT2D eigenvalue weighted by Crippen LogP contribution is -2.44. The normalized spacial score (nSPS) is 13.7. The van der Waals surface area contributed by atoms with Crippen LogP contribution >= 0.6 is 24.0 Å². The molecule has 1 atom stereocenters. The summed E-state index contributed by atoms with van der Waals surface area (Å²) in [6.45, 7) is 5.55. The van der Waals surface area contributed by atoms with Crippen LogP contribution in [0.2, 0.25) is 0 Å². The summed E-state index contributed by atoms with van der Waals surface area (Å²) in [5.74, 6) is 2.66. The Labute approximate surface area is 176 Å². The molecule has 0 bridgehead atoms. The molecule has 1 unspecified atom stereocenters. The summed E-state index contributed by atoms with van der Waals surface area (Å²) in [5, 5.41) is 25.1. The Morgan fingerprint density at radius 2 is 2.19 bits per heavy atom. The molecule has 0 saturated heterocycles. The average molecular weight is 492 g/mol. The molecule has 3 N–H and O–H groups in total. The Balaban J connectivity index is 0.00000364. The van der Waals surface area contributed by atoms with Crippen molar-refractivity contribution in [1.82, 2.24) is 25.4 Å². The standard InChI is InChI=1S/C17H28N6O3.HI/c1-13-21-22-15(23(13)3)11-19-16(18-8-6-9-25-4)20-12-17(2,24)14-7-5-10-26-14;/h5,7,10,24H,6,8-9,11-12H2,1-4H3,(H2,18,19,20);1H. The van der Waals surface area contributed by atoms with Gasteiger partial charge in [0.05, 0.1) is 12.8 Å². The number of furan rings is 1. The van der Waals surface area contributed by atoms with Crippen LogP contribution in [0.1, 0.15) is 30.8 Å². The number of nitrogens with zero attached hydrogens (tertiary/aromatic N) is 4. The van der Waals surface area contributed by atoms with Crippen LogP contribution < -0.4 is 10.6 Å². The lowest BCUT2D eigenvalue weighted by molar-refractivity contribution is 0.0385. The van der Waals surface area contributed by atoms with Gasteiger partial charge in [-0.05, 0) is 32.4 Å². The van der Waals surface area contributed by atoms with Crippen LogP contribution in [0.15, 0.2) is 27.8 Å². The molecule has 2 aromatic heterocycles. The van der Waals surface area contributed by atoms with Crippen LogP contribution in [0.3, 0.4) is 0 Å². The fraction of sp³-hybridized carbons (Fsp3) is 0.588. The molecule has 9 nitrogen and oxygen atoms in total. The Kier molecular flexibility index (Phi) is 9.74. The Morgan fingerprint density at radius 3 is 2.78 bits per heavy atom. The highest BCUT2D eigenvalue weighted by atomic mass is 127. The molecule has 0 radical (unpaired) electrons. The summed E-state index contributed by atoms with van der Waals surface area (Å²) >= 11 is 0. The molecule has 0 spiro atoms. The number of rotatable bonds is 9. The van der Waals surface area contributed by atoms with Crippen molar-refractivity contribution in [1.29, 1.82) is 0 Å².